The smallest absolute Gasteiger partial charge is 0.274 e. The first-order valence-corrected chi connectivity index (χ1v) is 8.26. The quantitative estimate of drug-likeness (QED) is 0.736. The number of benzene rings is 1. The first-order valence-electron chi connectivity index (χ1n) is 8.26. The molecule has 2 N–H and O–H groups in total. The van der Waals surface area contributed by atoms with Gasteiger partial charge in [-0.1, -0.05) is 44.1 Å². The molecule has 2 heterocycles. The summed E-state index contributed by atoms with van der Waals surface area (Å²) in [5.74, 6) is 1.36. The van der Waals surface area contributed by atoms with Crippen LogP contribution in [0.25, 0.3) is 0 Å². The maximum absolute atomic E-state index is 12.6. The Morgan fingerprint density at radius 3 is 2.54 bits per heavy atom. The maximum atomic E-state index is 12.6. The first-order chi connectivity index (χ1) is 12.3. The number of aromatic nitrogens is 3. The van der Waals surface area contributed by atoms with E-state index in [2.05, 4.69) is 46.5 Å². The van der Waals surface area contributed by atoms with Crippen molar-refractivity contribution in [3.63, 3.8) is 0 Å². The minimum Gasteiger partial charge on any atom is -0.360 e. The monoisotopic (exact) mass is 351 g/mol. The van der Waals surface area contributed by atoms with Crippen molar-refractivity contribution in [2.24, 2.45) is 0 Å². The largest absolute Gasteiger partial charge is 0.360 e. The molecule has 1 amide bonds. The molecule has 3 rings (SSSR count). The molecular weight excluding hydrogens is 330 g/mol. The number of nitrogens with zero attached hydrogens (tertiary/aromatic N) is 3. The third kappa shape index (κ3) is 4.05. The lowest BCUT2D eigenvalue weighted by Crippen LogP contribution is -2.19. The van der Waals surface area contributed by atoms with E-state index in [0.29, 0.717) is 17.4 Å². The summed E-state index contributed by atoms with van der Waals surface area (Å²) in [7, 11) is 0. The van der Waals surface area contributed by atoms with Gasteiger partial charge in [0.25, 0.3) is 5.91 Å². The van der Waals surface area contributed by atoms with Crippen molar-refractivity contribution in [3.8, 4) is 0 Å². The van der Waals surface area contributed by atoms with E-state index in [4.69, 9.17) is 4.52 Å². The Morgan fingerprint density at radius 2 is 1.85 bits per heavy atom. The van der Waals surface area contributed by atoms with Gasteiger partial charge < -0.3 is 15.2 Å². The summed E-state index contributed by atoms with van der Waals surface area (Å²) in [4.78, 5) is 20.8. The number of nitrogens with one attached hydrogen (secondary N) is 2. The molecule has 0 aliphatic heterocycles. The van der Waals surface area contributed by atoms with Crippen molar-refractivity contribution < 1.29 is 9.32 Å². The SMILES string of the molecule is Cc1cc(Nc2cc(C(=O)Nc3ccccc3C(C)(C)C)ncn2)no1. The van der Waals surface area contributed by atoms with Crippen molar-refractivity contribution in [2.45, 2.75) is 33.1 Å². The molecule has 3 aromatic rings. The van der Waals surface area contributed by atoms with Crippen LogP contribution >= 0.6 is 0 Å². The number of anilines is 3. The lowest BCUT2D eigenvalue weighted by atomic mass is 9.86. The molecule has 7 heteroatoms. The second-order valence-corrected chi connectivity index (χ2v) is 6.99. The van der Waals surface area contributed by atoms with Crippen LogP contribution in [0.3, 0.4) is 0 Å². The number of amides is 1. The Balaban J connectivity index is 1.80. The molecule has 134 valence electrons. The van der Waals surface area contributed by atoms with Gasteiger partial charge in [0.1, 0.15) is 23.6 Å². The van der Waals surface area contributed by atoms with Gasteiger partial charge in [-0.25, -0.2) is 9.97 Å². The van der Waals surface area contributed by atoms with Gasteiger partial charge in [0, 0.05) is 17.8 Å². The highest BCUT2D eigenvalue weighted by Crippen LogP contribution is 2.29. The minimum absolute atomic E-state index is 0.0902. The van der Waals surface area contributed by atoms with Crippen molar-refractivity contribution >= 4 is 23.2 Å². The Labute approximate surface area is 151 Å². The van der Waals surface area contributed by atoms with Crippen molar-refractivity contribution in [1.82, 2.24) is 15.1 Å². The average molecular weight is 351 g/mol. The Bertz CT molecular complexity index is 927. The number of aryl methyl sites for hydroxylation is 1. The van der Waals surface area contributed by atoms with E-state index < -0.39 is 0 Å². The van der Waals surface area contributed by atoms with Gasteiger partial charge in [-0.3, -0.25) is 4.79 Å². The van der Waals surface area contributed by atoms with E-state index in [0.717, 1.165) is 11.3 Å². The van der Waals surface area contributed by atoms with Gasteiger partial charge in [-0.2, -0.15) is 0 Å². The van der Waals surface area contributed by atoms with Crippen molar-refractivity contribution in [2.75, 3.05) is 10.6 Å². The second kappa shape index (κ2) is 6.95. The molecule has 26 heavy (non-hydrogen) atoms. The summed E-state index contributed by atoms with van der Waals surface area (Å²) < 4.78 is 5.00. The fourth-order valence-corrected chi connectivity index (χ4v) is 2.54. The highest BCUT2D eigenvalue weighted by Gasteiger charge is 2.19. The van der Waals surface area contributed by atoms with Crippen LogP contribution in [0.2, 0.25) is 0 Å². The molecule has 0 aliphatic rings. The molecule has 7 nitrogen and oxygen atoms in total. The van der Waals surface area contributed by atoms with Crippen LogP contribution in [0.15, 0.2) is 47.2 Å². The molecule has 0 spiro atoms. The van der Waals surface area contributed by atoms with Crippen LogP contribution < -0.4 is 10.6 Å². The number of carbonyl (C=O) groups excluding carboxylic acids is 1. The van der Waals surface area contributed by atoms with Crippen LogP contribution in [0.1, 0.15) is 42.6 Å². The zero-order chi connectivity index (χ0) is 18.7. The molecule has 0 radical (unpaired) electrons. The van der Waals surface area contributed by atoms with Gasteiger partial charge in [0.05, 0.1) is 0 Å². The van der Waals surface area contributed by atoms with Crippen molar-refractivity contribution in [3.05, 3.63) is 59.7 Å². The number of para-hydroxylation sites is 1. The minimum atomic E-state index is -0.302. The predicted molar refractivity (Wildman–Crippen MR) is 99.6 cm³/mol. The van der Waals surface area contributed by atoms with Gasteiger partial charge in [-0.05, 0) is 24.0 Å². The average Bonchev–Trinajstić information content (AvgIpc) is 2.99. The van der Waals surface area contributed by atoms with Gasteiger partial charge in [0.15, 0.2) is 5.82 Å². The zero-order valence-electron chi connectivity index (χ0n) is 15.2. The van der Waals surface area contributed by atoms with Crippen LogP contribution in [-0.4, -0.2) is 21.0 Å². The zero-order valence-corrected chi connectivity index (χ0v) is 15.2. The number of hydrogen-bond acceptors (Lipinski definition) is 6. The van der Waals surface area contributed by atoms with E-state index >= 15 is 0 Å². The summed E-state index contributed by atoms with van der Waals surface area (Å²) in [6.07, 6.45) is 1.33. The lowest BCUT2D eigenvalue weighted by molar-refractivity contribution is 0.102. The third-order valence-electron chi connectivity index (χ3n) is 3.77. The summed E-state index contributed by atoms with van der Waals surface area (Å²) >= 11 is 0. The number of rotatable bonds is 4. The van der Waals surface area contributed by atoms with Crippen LogP contribution in [0, 0.1) is 6.92 Å². The van der Waals surface area contributed by atoms with E-state index in [9.17, 15) is 4.79 Å². The van der Waals surface area contributed by atoms with Gasteiger partial charge in [0.2, 0.25) is 0 Å². The van der Waals surface area contributed by atoms with Crippen molar-refractivity contribution in [1.29, 1.82) is 0 Å². The van der Waals surface area contributed by atoms with Crippen LogP contribution in [-0.2, 0) is 5.41 Å². The Kier molecular flexibility index (Phi) is 4.71. The molecule has 0 unspecified atom stereocenters. The maximum Gasteiger partial charge on any atom is 0.274 e. The molecule has 0 bridgehead atoms. The highest BCUT2D eigenvalue weighted by atomic mass is 16.5. The third-order valence-corrected chi connectivity index (χ3v) is 3.77. The fourth-order valence-electron chi connectivity index (χ4n) is 2.54. The summed E-state index contributed by atoms with van der Waals surface area (Å²) in [6.45, 7) is 8.10. The first kappa shape index (κ1) is 17.6. The Morgan fingerprint density at radius 1 is 1.08 bits per heavy atom. The van der Waals surface area contributed by atoms with E-state index in [-0.39, 0.29) is 17.0 Å². The second-order valence-electron chi connectivity index (χ2n) is 6.99. The van der Waals surface area contributed by atoms with E-state index in [1.54, 1.807) is 19.1 Å². The summed E-state index contributed by atoms with van der Waals surface area (Å²) in [5, 5.41) is 9.77. The molecule has 0 saturated heterocycles. The number of carbonyl (C=O) groups is 1. The van der Waals surface area contributed by atoms with Crippen LogP contribution in [0.5, 0.6) is 0 Å². The molecule has 2 aromatic heterocycles. The normalized spacial score (nSPS) is 11.2. The Hall–Kier alpha value is -3.22. The predicted octanol–water partition coefficient (Wildman–Crippen LogP) is 4.07. The van der Waals surface area contributed by atoms with Gasteiger partial charge in [-0.15, -0.1) is 0 Å². The topological polar surface area (TPSA) is 92.9 Å². The van der Waals surface area contributed by atoms with Crippen LogP contribution in [0.4, 0.5) is 17.3 Å². The summed E-state index contributed by atoms with van der Waals surface area (Å²) in [6, 6.07) is 11.1. The molecule has 0 aliphatic carbocycles. The standard InChI is InChI=1S/C19H21N5O2/c1-12-9-17(24-26-12)23-16-10-15(20-11-21-16)18(25)22-14-8-6-5-7-13(14)19(2,3)4/h5-11H,1-4H3,(H,22,25)(H,20,21,23,24). The molecular formula is C19H21N5O2. The highest BCUT2D eigenvalue weighted by molar-refractivity contribution is 6.03. The lowest BCUT2D eigenvalue weighted by Gasteiger charge is -2.22. The fraction of sp³-hybridized carbons (Fsp3) is 0.263. The summed E-state index contributed by atoms with van der Waals surface area (Å²) in [5.41, 5.74) is 1.99. The number of hydrogen-bond donors (Lipinski definition) is 2. The molecule has 1 aromatic carbocycles. The molecule has 0 atom stereocenters. The van der Waals surface area contributed by atoms with E-state index in [1.165, 1.54) is 6.33 Å². The van der Waals surface area contributed by atoms with E-state index in [1.807, 2.05) is 24.3 Å². The molecule has 0 saturated carbocycles. The molecule has 0 fully saturated rings. The van der Waals surface area contributed by atoms with Gasteiger partial charge >= 0.3 is 0 Å².